The van der Waals surface area contributed by atoms with Crippen molar-refractivity contribution < 1.29 is 13.8 Å². The third-order valence-corrected chi connectivity index (χ3v) is 5.97. The van der Waals surface area contributed by atoms with E-state index < -0.39 is 7.52 Å². The molecule has 0 amide bonds. The number of hydrogen-bond donors (Lipinski definition) is 0. The van der Waals surface area contributed by atoms with Gasteiger partial charge in [-0.1, -0.05) is 36.4 Å². The van der Waals surface area contributed by atoms with Gasteiger partial charge in [0.25, 0.3) is 0 Å². The fraction of sp³-hybridized carbons (Fsp3) is 0.250. The molecule has 0 N–H and O–H groups in total. The van der Waals surface area contributed by atoms with Gasteiger partial charge in [0.05, 0.1) is 18.5 Å². The van der Waals surface area contributed by atoms with Gasteiger partial charge in [0.2, 0.25) is 0 Å². The zero-order chi connectivity index (χ0) is 14.5. The first-order chi connectivity index (χ1) is 10.3. The van der Waals surface area contributed by atoms with Crippen LogP contribution in [0.5, 0.6) is 5.75 Å². The first kappa shape index (κ1) is 14.3. The predicted octanol–water partition coefficient (Wildman–Crippen LogP) is 2.92. The average molecular weight is 303 g/mol. The zero-order valence-electron chi connectivity index (χ0n) is 11.7. The van der Waals surface area contributed by atoms with E-state index in [1.54, 1.807) is 0 Å². The van der Waals surface area contributed by atoms with Crippen molar-refractivity contribution in [1.29, 1.82) is 0 Å². The van der Waals surface area contributed by atoms with Crippen LogP contribution in [-0.2, 0) is 9.30 Å². The molecule has 0 unspecified atom stereocenters. The Morgan fingerprint density at radius 2 is 1.48 bits per heavy atom. The third-order valence-electron chi connectivity index (χ3n) is 3.41. The van der Waals surface area contributed by atoms with Gasteiger partial charge in [0.1, 0.15) is 5.75 Å². The molecule has 1 atom stereocenters. The summed E-state index contributed by atoms with van der Waals surface area (Å²) >= 11 is 0. The second kappa shape index (κ2) is 6.44. The van der Waals surface area contributed by atoms with Crippen molar-refractivity contribution in [3.63, 3.8) is 0 Å². The summed E-state index contributed by atoms with van der Waals surface area (Å²) in [4.78, 5) is 0. The molecule has 0 aliphatic carbocycles. The van der Waals surface area contributed by atoms with Crippen molar-refractivity contribution >= 4 is 12.8 Å². The van der Waals surface area contributed by atoms with Crippen LogP contribution in [0.1, 0.15) is 0 Å². The summed E-state index contributed by atoms with van der Waals surface area (Å²) < 4.78 is 26.8. The van der Waals surface area contributed by atoms with Gasteiger partial charge in [0, 0.05) is 13.1 Å². The fourth-order valence-corrected chi connectivity index (χ4v) is 4.53. The average Bonchev–Trinajstić information content (AvgIpc) is 2.57. The van der Waals surface area contributed by atoms with Gasteiger partial charge >= 0.3 is 7.52 Å². The van der Waals surface area contributed by atoms with Crippen LogP contribution in [-0.4, -0.2) is 31.0 Å². The molecule has 2 aromatic carbocycles. The van der Waals surface area contributed by atoms with Crippen molar-refractivity contribution in [3.05, 3.63) is 60.7 Å². The molecule has 110 valence electrons. The largest absolute Gasteiger partial charge is 0.429 e. The summed E-state index contributed by atoms with van der Waals surface area (Å²) in [5, 5.41) is 0.718. The van der Waals surface area contributed by atoms with Gasteiger partial charge < -0.3 is 9.26 Å². The number of para-hydroxylation sites is 1. The van der Waals surface area contributed by atoms with E-state index in [1.807, 2.05) is 65.3 Å². The molecule has 0 spiro atoms. The van der Waals surface area contributed by atoms with Crippen LogP contribution in [0.4, 0.5) is 0 Å². The lowest BCUT2D eigenvalue weighted by atomic mass is 10.3. The maximum Gasteiger partial charge on any atom is 0.349 e. The topological polar surface area (TPSA) is 38.8 Å². The van der Waals surface area contributed by atoms with E-state index in [9.17, 15) is 4.57 Å². The standard InChI is InChI=1S/C16H18NO3P/c18-21(16-9-5-2-6-10-16,17-11-13-19-14-12-17)20-15-7-3-1-4-8-15/h1-10H,11-14H2/t21-/m1/s1. The molecule has 1 aliphatic heterocycles. The van der Waals surface area contributed by atoms with Gasteiger partial charge in [-0.15, -0.1) is 0 Å². The summed E-state index contributed by atoms with van der Waals surface area (Å²) in [5.41, 5.74) is 0. The Morgan fingerprint density at radius 1 is 0.905 bits per heavy atom. The molecule has 0 bridgehead atoms. The molecular weight excluding hydrogens is 285 g/mol. The highest BCUT2D eigenvalue weighted by Gasteiger charge is 2.36. The zero-order valence-corrected chi connectivity index (χ0v) is 12.6. The molecule has 0 saturated carbocycles. The van der Waals surface area contributed by atoms with Crippen molar-refractivity contribution in [2.75, 3.05) is 26.3 Å². The number of nitrogens with zero attached hydrogens (tertiary/aromatic N) is 1. The summed E-state index contributed by atoms with van der Waals surface area (Å²) in [6, 6.07) is 18.7. The Labute approximate surface area is 124 Å². The van der Waals surface area contributed by atoms with Gasteiger partial charge in [0.15, 0.2) is 0 Å². The van der Waals surface area contributed by atoms with E-state index in [0.717, 1.165) is 5.30 Å². The molecule has 21 heavy (non-hydrogen) atoms. The molecule has 1 heterocycles. The monoisotopic (exact) mass is 303 g/mol. The number of hydrogen-bond acceptors (Lipinski definition) is 3. The molecule has 2 aromatic rings. The minimum Gasteiger partial charge on any atom is -0.429 e. The third kappa shape index (κ3) is 3.18. The van der Waals surface area contributed by atoms with Crippen molar-refractivity contribution in [1.82, 2.24) is 4.67 Å². The lowest BCUT2D eigenvalue weighted by molar-refractivity contribution is 0.0692. The Hall–Kier alpha value is -1.61. The van der Waals surface area contributed by atoms with Crippen LogP contribution in [0.25, 0.3) is 0 Å². The molecule has 4 nitrogen and oxygen atoms in total. The molecule has 5 heteroatoms. The van der Waals surface area contributed by atoms with Crippen LogP contribution in [0.3, 0.4) is 0 Å². The Balaban J connectivity index is 1.96. The van der Waals surface area contributed by atoms with Crippen LogP contribution < -0.4 is 9.83 Å². The Morgan fingerprint density at radius 3 is 2.10 bits per heavy atom. The second-order valence-corrected chi connectivity index (χ2v) is 7.13. The van der Waals surface area contributed by atoms with Gasteiger partial charge in [-0.25, -0.2) is 4.67 Å². The summed E-state index contributed by atoms with van der Waals surface area (Å²) in [6.07, 6.45) is 0. The van der Waals surface area contributed by atoms with Crippen molar-refractivity contribution in [2.45, 2.75) is 0 Å². The molecule has 1 fully saturated rings. The lowest BCUT2D eigenvalue weighted by Gasteiger charge is -2.33. The predicted molar refractivity (Wildman–Crippen MR) is 83.1 cm³/mol. The summed E-state index contributed by atoms with van der Waals surface area (Å²) in [6.45, 7) is 2.38. The minimum atomic E-state index is -3.12. The van der Waals surface area contributed by atoms with Crippen LogP contribution in [0, 0.1) is 0 Å². The van der Waals surface area contributed by atoms with Crippen LogP contribution in [0.15, 0.2) is 60.7 Å². The molecule has 1 saturated heterocycles. The number of rotatable bonds is 4. The Kier molecular flexibility index (Phi) is 4.39. The van der Waals surface area contributed by atoms with E-state index in [0.29, 0.717) is 32.1 Å². The maximum absolute atomic E-state index is 13.6. The summed E-state index contributed by atoms with van der Waals surface area (Å²) in [5.74, 6) is 0.621. The van der Waals surface area contributed by atoms with Crippen molar-refractivity contribution in [2.24, 2.45) is 0 Å². The normalized spacial score (nSPS) is 18.9. The highest BCUT2D eigenvalue weighted by atomic mass is 31.2. The number of ether oxygens (including phenoxy) is 1. The van der Waals surface area contributed by atoms with E-state index in [4.69, 9.17) is 9.26 Å². The second-order valence-electron chi connectivity index (χ2n) is 4.83. The van der Waals surface area contributed by atoms with Crippen LogP contribution >= 0.6 is 7.52 Å². The molecular formula is C16H18NO3P. The molecule has 1 aliphatic rings. The van der Waals surface area contributed by atoms with Gasteiger partial charge in [-0.05, 0) is 24.3 Å². The number of benzene rings is 2. The van der Waals surface area contributed by atoms with E-state index in [2.05, 4.69) is 0 Å². The highest BCUT2D eigenvalue weighted by Crippen LogP contribution is 2.49. The number of morpholine rings is 1. The minimum absolute atomic E-state index is 0.578. The molecule has 0 radical (unpaired) electrons. The van der Waals surface area contributed by atoms with E-state index in [1.165, 1.54) is 0 Å². The van der Waals surface area contributed by atoms with E-state index in [-0.39, 0.29) is 0 Å². The van der Waals surface area contributed by atoms with Crippen molar-refractivity contribution in [3.8, 4) is 5.75 Å². The molecule has 0 aromatic heterocycles. The Bertz CT molecular complexity index is 612. The SMILES string of the molecule is O=[P@@](Oc1ccccc1)(c1ccccc1)N1CCOCC1. The van der Waals surface area contributed by atoms with Crippen LogP contribution in [0.2, 0.25) is 0 Å². The fourth-order valence-electron chi connectivity index (χ4n) is 2.33. The first-order valence-corrected chi connectivity index (χ1v) is 8.60. The van der Waals surface area contributed by atoms with Gasteiger partial charge in [-0.2, -0.15) is 0 Å². The lowest BCUT2D eigenvalue weighted by Crippen LogP contribution is -2.38. The summed E-state index contributed by atoms with van der Waals surface area (Å²) in [7, 11) is -3.12. The smallest absolute Gasteiger partial charge is 0.349 e. The highest BCUT2D eigenvalue weighted by molar-refractivity contribution is 7.65. The maximum atomic E-state index is 13.6. The molecule has 3 rings (SSSR count). The van der Waals surface area contributed by atoms with E-state index >= 15 is 0 Å². The quantitative estimate of drug-likeness (QED) is 0.814. The first-order valence-electron chi connectivity index (χ1n) is 7.02. The van der Waals surface area contributed by atoms with Gasteiger partial charge in [-0.3, -0.25) is 4.57 Å².